The summed E-state index contributed by atoms with van der Waals surface area (Å²) in [5.74, 6) is -0.503. The highest BCUT2D eigenvalue weighted by atomic mass is 32.2. The molecule has 11 heteroatoms. The van der Waals surface area contributed by atoms with Crippen molar-refractivity contribution in [2.45, 2.75) is 23.9 Å². The van der Waals surface area contributed by atoms with Crippen molar-refractivity contribution >= 4 is 32.7 Å². The Morgan fingerprint density at radius 3 is 2.43 bits per heavy atom. The van der Waals surface area contributed by atoms with Gasteiger partial charge in [0.25, 0.3) is 0 Å². The van der Waals surface area contributed by atoms with Crippen molar-refractivity contribution in [3.8, 4) is 5.75 Å². The molecule has 2 aromatic heterocycles. The Bertz CT molecular complexity index is 1010. The van der Waals surface area contributed by atoms with E-state index < -0.39 is 28.2 Å². The van der Waals surface area contributed by atoms with Crippen molar-refractivity contribution in [3.05, 3.63) is 68.5 Å². The Morgan fingerprint density at radius 1 is 1.11 bits per heavy atom. The number of aliphatic hydroxyl groups excluding tert-OH is 1. The fourth-order valence-electron chi connectivity index (χ4n) is 2.30. The highest BCUT2D eigenvalue weighted by molar-refractivity contribution is 7.89. The molecule has 0 saturated heterocycles. The van der Waals surface area contributed by atoms with Crippen molar-refractivity contribution < 1.29 is 31.4 Å². The maximum Gasteiger partial charge on any atom is 0.573 e. The first-order valence-electron chi connectivity index (χ1n) is 7.78. The van der Waals surface area contributed by atoms with Crippen LogP contribution in [0, 0.1) is 0 Å². The predicted molar refractivity (Wildman–Crippen MR) is 99.9 cm³/mol. The van der Waals surface area contributed by atoms with Crippen molar-refractivity contribution in [1.29, 1.82) is 0 Å². The van der Waals surface area contributed by atoms with Gasteiger partial charge in [0, 0.05) is 16.3 Å². The van der Waals surface area contributed by atoms with Crippen LogP contribution in [0.25, 0.3) is 0 Å². The smallest absolute Gasteiger partial charge is 0.406 e. The van der Waals surface area contributed by atoms with E-state index in [4.69, 9.17) is 0 Å². The minimum absolute atomic E-state index is 0.00976. The third-order valence-corrected chi connectivity index (χ3v) is 6.87. The number of rotatable bonds is 7. The molecular weight excluding hydrogens is 435 g/mol. The van der Waals surface area contributed by atoms with Crippen LogP contribution in [0.4, 0.5) is 13.2 Å². The van der Waals surface area contributed by atoms with E-state index in [0.717, 1.165) is 29.8 Å². The van der Waals surface area contributed by atoms with E-state index in [-0.39, 0.29) is 11.4 Å². The maximum absolute atomic E-state index is 12.3. The zero-order valence-electron chi connectivity index (χ0n) is 14.0. The molecule has 5 nitrogen and oxygen atoms in total. The Kier molecular flexibility index (Phi) is 6.10. The van der Waals surface area contributed by atoms with E-state index in [2.05, 4.69) is 9.46 Å². The molecule has 0 fully saturated rings. The number of ether oxygens (including phenoxy) is 1. The Morgan fingerprint density at radius 2 is 1.82 bits per heavy atom. The van der Waals surface area contributed by atoms with E-state index in [1.807, 2.05) is 16.8 Å². The molecule has 1 unspecified atom stereocenters. The summed E-state index contributed by atoms with van der Waals surface area (Å²) in [6.07, 6.45) is -5.62. The Labute approximate surface area is 167 Å². The topological polar surface area (TPSA) is 75.6 Å². The molecule has 0 amide bonds. The number of benzene rings is 1. The second-order valence-corrected chi connectivity index (χ2v) is 9.35. The van der Waals surface area contributed by atoms with Gasteiger partial charge in [-0.3, -0.25) is 0 Å². The molecule has 0 aliphatic rings. The molecule has 0 radical (unpaired) electrons. The van der Waals surface area contributed by atoms with Gasteiger partial charge in [0.2, 0.25) is 10.0 Å². The third-order valence-electron chi connectivity index (χ3n) is 3.61. The molecule has 0 aliphatic heterocycles. The molecule has 150 valence electrons. The molecule has 2 N–H and O–H groups in total. The van der Waals surface area contributed by atoms with Crippen LogP contribution in [-0.4, -0.2) is 19.9 Å². The van der Waals surface area contributed by atoms with E-state index in [1.54, 1.807) is 12.1 Å². The number of sulfonamides is 1. The number of halogens is 3. The number of thiophene rings is 2. The largest absolute Gasteiger partial charge is 0.573 e. The van der Waals surface area contributed by atoms with Gasteiger partial charge in [-0.05, 0) is 58.8 Å². The minimum Gasteiger partial charge on any atom is -0.406 e. The molecule has 1 atom stereocenters. The Balaban J connectivity index is 1.64. The van der Waals surface area contributed by atoms with E-state index in [9.17, 15) is 26.7 Å². The van der Waals surface area contributed by atoms with Gasteiger partial charge in [0.05, 0.1) is 4.90 Å². The lowest BCUT2D eigenvalue weighted by atomic mass is 10.2. The second kappa shape index (κ2) is 8.21. The first-order valence-corrected chi connectivity index (χ1v) is 11.0. The summed E-state index contributed by atoms with van der Waals surface area (Å²) < 4.78 is 67.2. The summed E-state index contributed by atoms with van der Waals surface area (Å²) in [5, 5.41) is 14.0. The van der Waals surface area contributed by atoms with Crippen LogP contribution in [0.5, 0.6) is 5.75 Å². The molecule has 0 spiro atoms. The average molecular weight is 449 g/mol. The van der Waals surface area contributed by atoms with Crippen LogP contribution >= 0.6 is 22.7 Å². The number of hydrogen-bond donors (Lipinski definition) is 2. The van der Waals surface area contributed by atoms with E-state index >= 15 is 0 Å². The summed E-state index contributed by atoms with van der Waals surface area (Å²) in [6.45, 7) is -0.00976. The predicted octanol–water partition coefficient (Wildman–Crippen LogP) is 4.27. The van der Waals surface area contributed by atoms with Crippen LogP contribution in [-0.2, 0) is 16.6 Å². The van der Waals surface area contributed by atoms with Crippen molar-refractivity contribution in [3.63, 3.8) is 0 Å². The normalized spacial score (nSPS) is 13.4. The summed E-state index contributed by atoms with van der Waals surface area (Å²) >= 11 is 2.73. The molecule has 1 aromatic carbocycles. The zero-order valence-corrected chi connectivity index (χ0v) is 16.5. The fraction of sp³-hybridized carbons (Fsp3) is 0.176. The van der Waals surface area contributed by atoms with E-state index in [0.29, 0.717) is 9.75 Å². The third kappa shape index (κ3) is 5.32. The zero-order chi connectivity index (χ0) is 20.4. The highest BCUT2D eigenvalue weighted by Gasteiger charge is 2.31. The summed E-state index contributed by atoms with van der Waals surface area (Å²) in [5.41, 5.74) is 0.764. The number of nitrogens with one attached hydrogen (secondary N) is 1. The maximum atomic E-state index is 12.3. The number of aliphatic hydroxyl groups is 1. The summed E-state index contributed by atoms with van der Waals surface area (Å²) in [4.78, 5) is 1.18. The van der Waals surface area contributed by atoms with Crippen molar-refractivity contribution in [1.82, 2.24) is 4.72 Å². The molecule has 0 saturated carbocycles. The van der Waals surface area contributed by atoms with Crippen LogP contribution in [0.3, 0.4) is 0 Å². The van der Waals surface area contributed by atoms with Gasteiger partial charge in [0.15, 0.2) is 0 Å². The lowest BCUT2D eigenvalue weighted by Crippen LogP contribution is -2.23. The standard InChI is InChI=1S/C17H14F3NO4S3/c18-17(19,20)25-12-1-4-14(5-2-12)28(23,24)21-9-13-3-6-15(27-13)16(22)11-7-8-26-10-11/h1-8,10,16,21-22H,9H2. The van der Waals surface area contributed by atoms with Gasteiger partial charge in [0.1, 0.15) is 11.9 Å². The lowest BCUT2D eigenvalue weighted by Gasteiger charge is -2.10. The molecule has 3 aromatic rings. The summed E-state index contributed by atoms with van der Waals surface area (Å²) in [6, 6.07) is 9.17. The molecule has 28 heavy (non-hydrogen) atoms. The van der Waals surface area contributed by atoms with Crippen LogP contribution in [0.2, 0.25) is 0 Å². The average Bonchev–Trinajstić information content (AvgIpc) is 3.31. The van der Waals surface area contributed by atoms with Crippen LogP contribution in [0.1, 0.15) is 21.4 Å². The summed E-state index contributed by atoms with van der Waals surface area (Å²) in [7, 11) is -3.91. The highest BCUT2D eigenvalue weighted by Crippen LogP contribution is 2.30. The first-order chi connectivity index (χ1) is 13.1. The molecule has 0 bridgehead atoms. The van der Waals surface area contributed by atoms with Crippen LogP contribution in [0.15, 0.2) is 58.1 Å². The van der Waals surface area contributed by atoms with Gasteiger partial charge in [-0.25, -0.2) is 13.1 Å². The van der Waals surface area contributed by atoms with Gasteiger partial charge >= 0.3 is 6.36 Å². The van der Waals surface area contributed by atoms with Gasteiger partial charge < -0.3 is 9.84 Å². The van der Waals surface area contributed by atoms with Crippen LogP contribution < -0.4 is 9.46 Å². The lowest BCUT2D eigenvalue weighted by molar-refractivity contribution is -0.274. The Hall–Kier alpha value is -1.92. The van der Waals surface area contributed by atoms with Crippen molar-refractivity contribution in [2.24, 2.45) is 0 Å². The van der Waals surface area contributed by atoms with Gasteiger partial charge in [-0.1, -0.05) is 0 Å². The van der Waals surface area contributed by atoms with Crippen molar-refractivity contribution in [2.75, 3.05) is 0 Å². The fourth-order valence-corrected chi connectivity index (χ4v) is 5.05. The SMILES string of the molecule is O=S(=O)(NCc1ccc(C(O)c2ccsc2)s1)c1ccc(OC(F)(F)F)cc1. The van der Waals surface area contributed by atoms with Gasteiger partial charge in [-0.2, -0.15) is 11.3 Å². The monoisotopic (exact) mass is 449 g/mol. The molecule has 2 heterocycles. The molecular formula is C17H14F3NO4S3. The first kappa shape index (κ1) is 20.8. The number of alkyl halides is 3. The van der Waals surface area contributed by atoms with E-state index in [1.165, 1.54) is 22.7 Å². The van der Waals surface area contributed by atoms with Gasteiger partial charge in [-0.15, -0.1) is 24.5 Å². The molecule has 3 rings (SSSR count). The molecule has 0 aliphatic carbocycles. The number of hydrogen-bond acceptors (Lipinski definition) is 6. The minimum atomic E-state index is -4.84. The second-order valence-electron chi connectivity index (χ2n) is 5.61. The quantitative estimate of drug-likeness (QED) is 0.565.